The summed E-state index contributed by atoms with van der Waals surface area (Å²) in [6.07, 6.45) is 1.16. The quantitative estimate of drug-likeness (QED) is 0.555. The van der Waals surface area contributed by atoms with E-state index in [-0.39, 0.29) is 23.3 Å². The summed E-state index contributed by atoms with van der Waals surface area (Å²) in [5.74, 6) is -0.720. The molecule has 0 fully saturated rings. The van der Waals surface area contributed by atoms with Crippen LogP contribution in [0.25, 0.3) is 0 Å². The monoisotopic (exact) mass is 328 g/mol. The summed E-state index contributed by atoms with van der Waals surface area (Å²) in [4.78, 5) is 24.7. The molecule has 0 N–H and O–H groups in total. The minimum atomic E-state index is -0.428. The van der Waals surface area contributed by atoms with Crippen molar-refractivity contribution >= 4 is 11.9 Å². The third-order valence-corrected chi connectivity index (χ3v) is 4.68. The SMILES string of the molecule is CCC(C(=O)OCC(C)C)C(CC)C(=O)OCC(C)(C)C(C)C. The van der Waals surface area contributed by atoms with Gasteiger partial charge in [0.1, 0.15) is 0 Å². The number of ether oxygens (including phenoxy) is 2. The van der Waals surface area contributed by atoms with Gasteiger partial charge in [-0.3, -0.25) is 9.59 Å². The Balaban J connectivity index is 4.81. The van der Waals surface area contributed by atoms with Crippen LogP contribution in [0.1, 0.15) is 68.2 Å². The lowest BCUT2D eigenvalue weighted by Crippen LogP contribution is -2.35. The van der Waals surface area contributed by atoms with E-state index in [2.05, 4.69) is 27.7 Å². The fraction of sp³-hybridized carbons (Fsp3) is 0.895. The van der Waals surface area contributed by atoms with Gasteiger partial charge in [-0.2, -0.15) is 0 Å². The Bertz CT molecular complexity index is 372. The Morgan fingerprint density at radius 2 is 1.30 bits per heavy atom. The van der Waals surface area contributed by atoms with Gasteiger partial charge in [0.2, 0.25) is 0 Å². The van der Waals surface area contributed by atoms with Crippen molar-refractivity contribution in [2.75, 3.05) is 13.2 Å². The van der Waals surface area contributed by atoms with Crippen LogP contribution in [0, 0.1) is 29.1 Å². The van der Waals surface area contributed by atoms with E-state index < -0.39 is 11.8 Å². The van der Waals surface area contributed by atoms with Crippen LogP contribution in [-0.4, -0.2) is 25.2 Å². The first kappa shape index (κ1) is 21.9. The van der Waals surface area contributed by atoms with Gasteiger partial charge < -0.3 is 9.47 Å². The van der Waals surface area contributed by atoms with Crippen molar-refractivity contribution < 1.29 is 19.1 Å². The first-order valence-corrected chi connectivity index (χ1v) is 8.90. The molecule has 0 radical (unpaired) electrons. The average Bonchev–Trinajstić information content (AvgIpc) is 2.47. The van der Waals surface area contributed by atoms with E-state index in [1.54, 1.807) is 0 Å². The van der Waals surface area contributed by atoms with Gasteiger partial charge in [0.25, 0.3) is 0 Å². The van der Waals surface area contributed by atoms with Gasteiger partial charge in [0.15, 0.2) is 0 Å². The number of carbonyl (C=O) groups is 2. The van der Waals surface area contributed by atoms with Crippen LogP contribution >= 0.6 is 0 Å². The highest BCUT2D eigenvalue weighted by atomic mass is 16.5. The zero-order valence-electron chi connectivity index (χ0n) is 16.3. The lowest BCUT2D eigenvalue weighted by atomic mass is 9.82. The molecule has 0 saturated carbocycles. The molecule has 2 atom stereocenters. The standard InChI is InChI=1S/C19H36O4/c1-9-15(17(20)22-11-13(3)4)16(10-2)18(21)23-12-19(7,8)14(5)6/h13-16H,9-12H2,1-8H3. The fourth-order valence-electron chi connectivity index (χ4n) is 2.12. The van der Waals surface area contributed by atoms with Crippen LogP contribution < -0.4 is 0 Å². The summed E-state index contributed by atoms with van der Waals surface area (Å²) in [5.41, 5.74) is -0.0756. The molecule has 0 bridgehead atoms. The second kappa shape index (κ2) is 9.94. The molecule has 0 aromatic carbocycles. The fourth-order valence-corrected chi connectivity index (χ4v) is 2.12. The van der Waals surface area contributed by atoms with Gasteiger partial charge in [-0.1, -0.05) is 55.4 Å². The molecule has 0 rings (SSSR count). The molecular weight excluding hydrogens is 292 g/mol. The number of esters is 2. The maximum absolute atomic E-state index is 12.5. The van der Waals surface area contributed by atoms with Crippen LogP contribution in [0.2, 0.25) is 0 Å². The molecule has 0 aliphatic rings. The summed E-state index contributed by atoms with van der Waals surface area (Å²) in [6.45, 7) is 17.0. The van der Waals surface area contributed by atoms with Crippen molar-refractivity contribution in [1.82, 2.24) is 0 Å². The predicted molar refractivity (Wildman–Crippen MR) is 92.9 cm³/mol. The van der Waals surface area contributed by atoms with Gasteiger partial charge in [0, 0.05) is 5.41 Å². The number of hydrogen-bond acceptors (Lipinski definition) is 4. The van der Waals surface area contributed by atoms with Gasteiger partial charge in [0.05, 0.1) is 25.0 Å². The molecule has 4 heteroatoms. The van der Waals surface area contributed by atoms with Crippen molar-refractivity contribution in [1.29, 1.82) is 0 Å². The van der Waals surface area contributed by atoms with E-state index in [1.165, 1.54) is 0 Å². The summed E-state index contributed by atoms with van der Waals surface area (Å²) in [5, 5.41) is 0. The molecule has 2 unspecified atom stereocenters. The average molecular weight is 328 g/mol. The highest BCUT2D eigenvalue weighted by Crippen LogP contribution is 2.28. The first-order valence-electron chi connectivity index (χ1n) is 8.90. The summed E-state index contributed by atoms with van der Waals surface area (Å²) in [7, 11) is 0. The van der Waals surface area contributed by atoms with Crippen molar-refractivity contribution in [3.8, 4) is 0 Å². The maximum atomic E-state index is 12.5. The van der Waals surface area contributed by atoms with Crippen LogP contribution in [0.5, 0.6) is 0 Å². The van der Waals surface area contributed by atoms with E-state index >= 15 is 0 Å². The predicted octanol–water partition coefficient (Wildman–Crippen LogP) is 4.46. The third kappa shape index (κ3) is 7.36. The summed E-state index contributed by atoms with van der Waals surface area (Å²) in [6, 6.07) is 0. The Morgan fingerprint density at radius 3 is 1.65 bits per heavy atom. The molecular formula is C19H36O4. The van der Waals surface area contributed by atoms with Crippen molar-refractivity contribution in [3.05, 3.63) is 0 Å². The molecule has 0 heterocycles. The van der Waals surface area contributed by atoms with Gasteiger partial charge >= 0.3 is 11.9 Å². The molecule has 4 nitrogen and oxygen atoms in total. The molecule has 23 heavy (non-hydrogen) atoms. The molecule has 136 valence electrons. The Labute approximate surface area is 142 Å². The van der Waals surface area contributed by atoms with Gasteiger partial charge in [-0.25, -0.2) is 0 Å². The summed E-state index contributed by atoms with van der Waals surface area (Å²) < 4.78 is 10.9. The summed E-state index contributed by atoms with van der Waals surface area (Å²) >= 11 is 0. The van der Waals surface area contributed by atoms with E-state index in [9.17, 15) is 9.59 Å². The highest BCUT2D eigenvalue weighted by Gasteiger charge is 2.35. The lowest BCUT2D eigenvalue weighted by molar-refractivity contribution is -0.164. The Hall–Kier alpha value is -1.06. The normalized spacial score (nSPS) is 14.7. The molecule has 0 amide bonds. The Kier molecular flexibility index (Phi) is 9.48. The number of rotatable bonds is 10. The smallest absolute Gasteiger partial charge is 0.309 e. The van der Waals surface area contributed by atoms with E-state index in [1.807, 2.05) is 27.7 Å². The molecule has 0 aromatic rings. The highest BCUT2D eigenvalue weighted by molar-refractivity contribution is 5.82. The van der Waals surface area contributed by atoms with Crippen LogP contribution in [0.4, 0.5) is 0 Å². The maximum Gasteiger partial charge on any atom is 0.309 e. The topological polar surface area (TPSA) is 52.6 Å². The van der Waals surface area contributed by atoms with Crippen LogP contribution in [0.3, 0.4) is 0 Å². The van der Waals surface area contributed by atoms with Crippen molar-refractivity contribution in [2.24, 2.45) is 29.1 Å². The lowest BCUT2D eigenvalue weighted by Gasteiger charge is -2.30. The zero-order valence-corrected chi connectivity index (χ0v) is 16.3. The van der Waals surface area contributed by atoms with Crippen molar-refractivity contribution in [3.63, 3.8) is 0 Å². The minimum absolute atomic E-state index is 0.0756. The molecule has 0 aliphatic heterocycles. The molecule has 0 saturated heterocycles. The second-order valence-electron chi connectivity index (χ2n) is 7.80. The molecule has 0 aromatic heterocycles. The zero-order chi connectivity index (χ0) is 18.2. The molecule has 0 spiro atoms. The Morgan fingerprint density at radius 1 is 0.870 bits per heavy atom. The van der Waals surface area contributed by atoms with Gasteiger partial charge in [-0.05, 0) is 24.7 Å². The van der Waals surface area contributed by atoms with E-state index in [0.29, 0.717) is 32.0 Å². The van der Waals surface area contributed by atoms with E-state index in [0.717, 1.165) is 0 Å². The van der Waals surface area contributed by atoms with Crippen molar-refractivity contribution in [2.45, 2.75) is 68.2 Å². The third-order valence-electron chi connectivity index (χ3n) is 4.68. The largest absolute Gasteiger partial charge is 0.465 e. The van der Waals surface area contributed by atoms with Gasteiger partial charge in [-0.15, -0.1) is 0 Å². The minimum Gasteiger partial charge on any atom is -0.465 e. The van der Waals surface area contributed by atoms with Crippen LogP contribution in [0.15, 0.2) is 0 Å². The van der Waals surface area contributed by atoms with Crippen LogP contribution in [-0.2, 0) is 19.1 Å². The second-order valence-corrected chi connectivity index (χ2v) is 7.80. The van der Waals surface area contributed by atoms with E-state index in [4.69, 9.17) is 9.47 Å². The number of hydrogen-bond donors (Lipinski definition) is 0. The molecule has 0 aliphatic carbocycles. The first-order chi connectivity index (χ1) is 10.6. The number of carbonyl (C=O) groups excluding carboxylic acids is 2.